The van der Waals surface area contributed by atoms with Crippen molar-refractivity contribution >= 4 is 0 Å². The standard InChI is InChI=1S/C20H42/c1-15(2)13-18(7,8)16(3)19(9,10)14-20(11,12)17(4,5)6/h15-16H,13-14H2,1-12H3. The van der Waals surface area contributed by atoms with Crippen molar-refractivity contribution in [3.8, 4) is 0 Å². The van der Waals surface area contributed by atoms with E-state index in [1.165, 1.54) is 12.8 Å². The van der Waals surface area contributed by atoms with E-state index in [0.29, 0.717) is 21.7 Å². The quantitative estimate of drug-likeness (QED) is 0.484. The van der Waals surface area contributed by atoms with E-state index in [1.54, 1.807) is 0 Å². The number of hydrogen-bond acceptors (Lipinski definition) is 0. The average molecular weight is 283 g/mol. The van der Waals surface area contributed by atoms with E-state index < -0.39 is 0 Å². The molecule has 0 aromatic carbocycles. The van der Waals surface area contributed by atoms with Gasteiger partial charge in [-0.15, -0.1) is 0 Å². The van der Waals surface area contributed by atoms with E-state index in [-0.39, 0.29) is 0 Å². The van der Waals surface area contributed by atoms with Gasteiger partial charge < -0.3 is 0 Å². The molecule has 0 fully saturated rings. The minimum absolute atomic E-state index is 0.353. The van der Waals surface area contributed by atoms with Crippen LogP contribution < -0.4 is 0 Å². The highest BCUT2D eigenvalue weighted by Gasteiger charge is 2.43. The molecule has 0 nitrogen and oxygen atoms in total. The Kier molecular flexibility index (Phi) is 6.01. The Labute approximate surface area is 130 Å². The molecule has 20 heavy (non-hydrogen) atoms. The minimum Gasteiger partial charge on any atom is -0.0628 e. The van der Waals surface area contributed by atoms with Crippen LogP contribution >= 0.6 is 0 Å². The summed E-state index contributed by atoms with van der Waals surface area (Å²) in [5.41, 5.74) is 1.49. The molecule has 0 aliphatic carbocycles. The molecule has 122 valence electrons. The Balaban J connectivity index is 5.14. The van der Waals surface area contributed by atoms with Gasteiger partial charge in [0.15, 0.2) is 0 Å². The van der Waals surface area contributed by atoms with Crippen molar-refractivity contribution < 1.29 is 0 Å². The van der Waals surface area contributed by atoms with E-state index in [0.717, 1.165) is 11.8 Å². The molecule has 1 unspecified atom stereocenters. The van der Waals surface area contributed by atoms with Gasteiger partial charge >= 0.3 is 0 Å². The first-order valence-corrected chi connectivity index (χ1v) is 8.53. The molecule has 0 heteroatoms. The van der Waals surface area contributed by atoms with Crippen molar-refractivity contribution in [2.45, 2.75) is 95.9 Å². The van der Waals surface area contributed by atoms with Crippen LogP contribution in [0.2, 0.25) is 0 Å². The molecule has 0 aliphatic heterocycles. The fraction of sp³-hybridized carbons (Fsp3) is 1.00. The molecule has 0 aromatic rings. The third-order valence-electron chi connectivity index (χ3n) is 6.21. The van der Waals surface area contributed by atoms with Gasteiger partial charge in [-0.2, -0.15) is 0 Å². The van der Waals surface area contributed by atoms with Crippen molar-refractivity contribution in [1.82, 2.24) is 0 Å². The summed E-state index contributed by atoms with van der Waals surface area (Å²) >= 11 is 0. The van der Waals surface area contributed by atoms with E-state index in [1.807, 2.05) is 0 Å². The largest absolute Gasteiger partial charge is 0.0628 e. The smallest absolute Gasteiger partial charge is 0.0300 e. The summed E-state index contributed by atoms with van der Waals surface area (Å²) in [5.74, 6) is 1.50. The Morgan fingerprint density at radius 2 is 1.05 bits per heavy atom. The summed E-state index contributed by atoms with van der Waals surface area (Å²) in [7, 11) is 0. The van der Waals surface area contributed by atoms with Crippen LogP contribution in [0.15, 0.2) is 0 Å². The Morgan fingerprint density at radius 1 is 0.650 bits per heavy atom. The van der Waals surface area contributed by atoms with Crippen molar-refractivity contribution in [2.75, 3.05) is 0 Å². The molecule has 0 aliphatic rings. The summed E-state index contributed by atoms with van der Waals surface area (Å²) in [6.45, 7) is 29.1. The lowest BCUT2D eigenvalue weighted by Crippen LogP contribution is -2.41. The van der Waals surface area contributed by atoms with Crippen LogP contribution in [0.4, 0.5) is 0 Å². The maximum Gasteiger partial charge on any atom is -0.0300 e. The van der Waals surface area contributed by atoms with Gasteiger partial charge in [0, 0.05) is 0 Å². The zero-order chi connectivity index (χ0) is 16.6. The Morgan fingerprint density at radius 3 is 1.35 bits per heavy atom. The molecule has 1 atom stereocenters. The lowest BCUT2D eigenvalue weighted by Gasteiger charge is -2.50. The molecule has 0 radical (unpaired) electrons. The second-order valence-corrected chi connectivity index (χ2v) is 10.6. The average Bonchev–Trinajstić information content (AvgIpc) is 2.10. The van der Waals surface area contributed by atoms with E-state index in [9.17, 15) is 0 Å². The minimum atomic E-state index is 0.353. The highest BCUT2D eigenvalue weighted by molar-refractivity contribution is 4.93. The summed E-state index contributed by atoms with van der Waals surface area (Å²) < 4.78 is 0. The first-order valence-electron chi connectivity index (χ1n) is 8.53. The van der Waals surface area contributed by atoms with E-state index in [4.69, 9.17) is 0 Å². The van der Waals surface area contributed by atoms with Crippen LogP contribution in [-0.2, 0) is 0 Å². The third kappa shape index (κ3) is 5.08. The summed E-state index contributed by atoms with van der Waals surface area (Å²) in [5, 5.41) is 0. The molecule has 0 heterocycles. The molecule has 0 N–H and O–H groups in total. The molecule has 0 bridgehead atoms. The van der Waals surface area contributed by atoms with Crippen molar-refractivity contribution in [3.05, 3.63) is 0 Å². The SMILES string of the molecule is CC(C)CC(C)(C)C(C)C(C)(C)CC(C)(C)C(C)(C)C. The molecule has 0 amide bonds. The molecule has 0 spiro atoms. The zero-order valence-electron chi connectivity index (χ0n) is 16.6. The van der Waals surface area contributed by atoms with Crippen molar-refractivity contribution in [3.63, 3.8) is 0 Å². The Bertz CT molecular complexity index is 296. The van der Waals surface area contributed by atoms with Gasteiger partial charge in [0.1, 0.15) is 0 Å². The van der Waals surface area contributed by atoms with E-state index in [2.05, 4.69) is 83.1 Å². The van der Waals surface area contributed by atoms with Gasteiger partial charge in [0.05, 0.1) is 0 Å². The van der Waals surface area contributed by atoms with Gasteiger partial charge in [0.2, 0.25) is 0 Å². The summed E-state index contributed by atoms with van der Waals surface area (Å²) in [6, 6.07) is 0. The maximum absolute atomic E-state index is 2.48. The summed E-state index contributed by atoms with van der Waals surface area (Å²) in [6.07, 6.45) is 2.60. The predicted molar refractivity (Wildman–Crippen MR) is 94.0 cm³/mol. The van der Waals surface area contributed by atoms with Crippen LogP contribution in [0.3, 0.4) is 0 Å². The Hall–Kier alpha value is 0. The normalized spacial score (nSPS) is 16.6. The second kappa shape index (κ2) is 6.01. The lowest BCUT2D eigenvalue weighted by atomic mass is 9.55. The first-order chi connectivity index (χ1) is 8.53. The molecular formula is C20H42. The van der Waals surface area contributed by atoms with E-state index >= 15 is 0 Å². The van der Waals surface area contributed by atoms with Crippen molar-refractivity contribution in [2.24, 2.45) is 33.5 Å². The summed E-state index contributed by atoms with van der Waals surface area (Å²) in [4.78, 5) is 0. The molecule has 0 aromatic heterocycles. The maximum atomic E-state index is 2.48. The molecule has 0 rings (SSSR count). The zero-order valence-corrected chi connectivity index (χ0v) is 16.6. The van der Waals surface area contributed by atoms with Gasteiger partial charge in [-0.1, -0.05) is 83.1 Å². The number of hydrogen-bond donors (Lipinski definition) is 0. The third-order valence-corrected chi connectivity index (χ3v) is 6.21. The van der Waals surface area contributed by atoms with Crippen molar-refractivity contribution in [1.29, 1.82) is 0 Å². The monoisotopic (exact) mass is 282 g/mol. The van der Waals surface area contributed by atoms with Gasteiger partial charge in [-0.25, -0.2) is 0 Å². The molecule has 0 saturated heterocycles. The highest BCUT2D eigenvalue weighted by atomic mass is 14.5. The molecular weight excluding hydrogens is 240 g/mol. The van der Waals surface area contributed by atoms with Crippen LogP contribution in [0.5, 0.6) is 0 Å². The van der Waals surface area contributed by atoms with Crippen LogP contribution in [0.25, 0.3) is 0 Å². The first kappa shape index (κ1) is 20.0. The van der Waals surface area contributed by atoms with Gasteiger partial charge in [0.25, 0.3) is 0 Å². The topological polar surface area (TPSA) is 0 Å². The van der Waals surface area contributed by atoms with Gasteiger partial charge in [-0.05, 0) is 46.3 Å². The fourth-order valence-corrected chi connectivity index (χ4v) is 3.84. The fourth-order valence-electron chi connectivity index (χ4n) is 3.84. The van der Waals surface area contributed by atoms with Crippen LogP contribution in [0, 0.1) is 33.5 Å². The second-order valence-electron chi connectivity index (χ2n) is 10.6. The van der Waals surface area contributed by atoms with Crippen LogP contribution in [-0.4, -0.2) is 0 Å². The highest BCUT2D eigenvalue weighted by Crippen LogP contribution is 2.52. The van der Waals surface area contributed by atoms with Gasteiger partial charge in [-0.3, -0.25) is 0 Å². The lowest BCUT2D eigenvalue weighted by molar-refractivity contribution is -0.00310. The van der Waals surface area contributed by atoms with Crippen LogP contribution in [0.1, 0.15) is 95.9 Å². The molecule has 0 saturated carbocycles. The predicted octanol–water partition coefficient (Wildman–Crippen LogP) is 7.18. The number of rotatable bonds is 6.